The number of rotatable bonds is 9. The normalized spacial score (nSPS) is 19.8. The van der Waals surface area contributed by atoms with Crippen LogP contribution in [0, 0.1) is 5.92 Å². The number of halogens is 6. The van der Waals surface area contributed by atoms with Gasteiger partial charge >= 0.3 is 41.9 Å². The molecule has 0 aliphatic carbocycles. The molecule has 2 heterocycles. The molecular weight excluding hydrogens is 513 g/mol. The Kier molecular flexibility index (Phi) is 11.4. The Labute approximate surface area is 233 Å². The van der Waals surface area contributed by atoms with Gasteiger partial charge in [-0.3, -0.25) is 9.88 Å². The standard InChI is InChI=1S/C25H28F6N2O3.Na/c1-36-12-2-3-20(18-6-9-22(32-15-18)25(29,30)31)33-11-10-16(14-23(34)35)13-21(33)17-4-7-19(8-5-17)24(26,27)28;/h4-9,15-16,20-21H,2-3,10-14H2,1H3,(H,34,35);/q;+1/p-1/t16-,20-,21+;/m1./s1. The van der Waals surface area contributed by atoms with Crippen molar-refractivity contribution in [2.75, 3.05) is 20.3 Å². The summed E-state index contributed by atoms with van der Waals surface area (Å²) in [6.07, 6.45) is -6.15. The number of carbonyl (C=O) groups is 1. The number of methoxy groups -OCH3 is 1. The second-order valence-electron chi connectivity index (χ2n) is 8.97. The Morgan fingerprint density at radius 1 is 1.11 bits per heavy atom. The third kappa shape index (κ3) is 8.68. The number of pyridine rings is 1. The monoisotopic (exact) mass is 540 g/mol. The van der Waals surface area contributed by atoms with E-state index in [9.17, 15) is 36.2 Å². The van der Waals surface area contributed by atoms with Crippen LogP contribution in [-0.2, 0) is 21.9 Å². The molecule has 0 bridgehead atoms. The van der Waals surface area contributed by atoms with Gasteiger partial charge in [0.05, 0.1) is 5.56 Å². The fraction of sp³-hybridized carbons (Fsp3) is 0.520. The number of ether oxygens (including phenoxy) is 1. The molecule has 3 rings (SSSR count). The Hall–Kier alpha value is -1.66. The van der Waals surface area contributed by atoms with E-state index in [1.165, 1.54) is 31.5 Å². The number of aliphatic carboxylic acids is 1. The number of carboxylic acid groups (broad SMARTS) is 1. The van der Waals surface area contributed by atoms with Crippen LogP contribution >= 0.6 is 0 Å². The zero-order valence-corrected chi connectivity index (χ0v) is 22.6. The van der Waals surface area contributed by atoms with E-state index in [0.717, 1.165) is 18.2 Å². The summed E-state index contributed by atoms with van der Waals surface area (Å²) in [6, 6.07) is 6.15. The first-order valence-corrected chi connectivity index (χ1v) is 11.5. The zero-order valence-electron chi connectivity index (χ0n) is 20.6. The predicted molar refractivity (Wildman–Crippen MR) is 116 cm³/mol. The molecule has 1 saturated heterocycles. The maximum absolute atomic E-state index is 13.1. The van der Waals surface area contributed by atoms with E-state index in [-0.39, 0.29) is 41.9 Å². The summed E-state index contributed by atoms with van der Waals surface area (Å²) in [5.74, 6) is -1.45. The van der Waals surface area contributed by atoms with E-state index in [1.54, 1.807) is 0 Å². The van der Waals surface area contributed by atoms with Gasteiger partial charge < -0.3 is 14.6 Å². The molecule has 1 fully saturated rings. The number of nitrogens with zero attached hydrogens (tertiary/aromatic N) is 2. The van der Waals surface area contributed by atoms with Crippen molar-refractivity contribution in [3.63, 3.8) is 0 Å². The molecule has 1 aliphatic rings. The van der Waals surface area contributed by atoms with Crippen LogP contribution in [0.2, 0.25) is 0 Å². The summed E-state index contributed by atoms with van der Waals surface area (Å²) in [6.45, 7) is 0.818. The van der Waals surface area contributed by atoms with Crippen LogP contribution in [-0.4, -0.2) is 36.1 Å². The Bertz CT molecular complexity index is 999. The fourth-order valence-electron chi connectivity index (χ4n) is 4.79. The molecule has 2 aromatic rings. The molecule has 1 aromatic carbocycles. The van der Waals surface area contributed by atoms with Gasteiger partial charge in [-0.25, -0.2) is 0 Å². The Balaban J connectivity index is 0.00000481. The van der Waals surface area contributed by atoms with Crippen LogP contribution in [0.3, 0.4) is 0 Å². The molecular formula is C25H27F6N2NaO3. The topological polar surface area (TPSA) is 65.5 Å². The molecule has 198 valence electrons. The largest absolute Gasteiger partial charge is 1.00 e. The molecule has 0 spiro atoms. The second-order valence-corrected chi connectivity index (χ2v) is 8.97. The molecule has 0 radical (unpaired) electrons. The van der Waals surface area contributed by atoms with Crippen LogP contribution in [0.5, 0.6) is 0 Å². The third-order valence-electron chi connectivity index (χ3n) is 6.52. The molecule has 1 aliphatic heterocycles. The van der Waals surface area contributed by atoms with Gasteiger partial charge in [-0.15, -0.1) is 0 Å². The summed E-state index contributed by atoms with van der Waals surface area (Å²) >= 11 is 0. The summed E-state index contributed by atoms with van der Waals surface area (Å²) in [5.41, 5.74) is -0.714. The fourth-order valence-corrected chi connectivity index (χ4v) is 4.79. The maximum Gasteiger partial charge on any atom is 1.00 e. The summed E-state index contributed by atoms with van der Waals surface area (Å²) in [5, 5.41) is 11.2. The van der Waals surface area contributed by atoms with E-state index in [2.05, 4.69) is 4.98 Å². The van der Waals surface area contributed by atoms with Gasteiger partial charge in [0, 0.05) is 38.0 Å². The maximum atomic E-state index is 13.1. The average molecular weight is 540 g/mol. The van der Waals surface area contributed by atoms with Crippen molar-refractivity contribution in [1.29, 1.82) is 0 Å². The Morgan fingerprint density at radius 3 is 2.30 bits per heavy atom. The van der Waals surface area contributed by atoms with Crippen LogP contribution in [0.4, 0.5) is 26.3 Å². The zero-order chi connectivity index (χ0) is 26.5. The van der Waals surface area contributed by atoms with Gasteiger partial charge in [-0.1, -0.05) is 18.2 Å². The molecule has 3 atom stereocenters. The van der Waals surface area contributed by atoms with Crippen molar-refractivity contribution in [3.05, 3.63) is 65.0 Å². The predicted octanol–water partition coefficient (Wildman–Crippen LogP) is 2.18. The Morgan fingerprint density at radius 2 is 1.78 bits per heavy atom. The number of piperidine rings is 1. The van der Waals surface area contributed by atoms with Crippen LogP contribution in [0.1, 0.15) is 66.6 Å². The molecule has 5 nitrogen and oxygen atoms in total. The minimum atomic E-state index is -4.59. The smallest absolute Gasteiger partial charge is 0.550 e. The minimum absolute atomic E-state index is 0. The number of hydrogen-bond acceptors (Lipinski definition) is 5. The van der Waals surface area contributed by atoms with Crippen molar-refractivity contribution in [3.8, 4) is 0 Å². The first-order valence-electron chi connectivity index (χ1n) is 11.5. The van der Waals surface area contributed by atoms with Crippen molar-refractivity contribution in [2.45, 2.75) is 56.5 Å². The number of carbonyl (C=O) groups excluding carboxylic acids is 1. The molecule has 0 amide bonds. The number of likely N-dealkylation sites (tertiary alicyclic amines) is 1. The van der Waals surface area contributed by atoms with Gasteiger partial charge in [-0.05, 0) is 73.9 Å². The van der Waals surface area contributed by atoms with Gasteiger partial charge in [-0.2, -0.15) is 26.3 Å². The average Bonchev–Trinajstić information content (AvgIpc) is 2.81. The van der Waals surface area contributed by atoms with Gasteiger partial charge in [0.2, 0.25) is 0 Å². The van der Waals surface area contributed by atoms with Gasteiger partial charge in [0.25, 0.3) is 0 Å². The van der Waals surface area contributed by atoms with E-state index in [1.807, 2.05) is 4.90 Å². The minimum Gasteiger partial charge on any atom is -0.550 e. The quantitative estimate of drug-likeness (QED) is 0.277. The number of alkyl halides is 6. The second kappa shape index (κ2) is 13.4. The summed E-state index contributed by atoms with van der Waals surface area (Å²) < 4.78 is 83.6. The van der Waals surface area contributed by atoms with E-state index >= 15 is 0 Å². The van der Waals surface area contributed by atoms with E-state index in [0.29, 0.717) is 50.0 Å². The first-order chi connectivity index (χ1) is 16.9. The van der Waals surface area contributed by atoms with Gasteiger partial charge in [0.1, 0.15) is 5.69 Å². The molecule has 12 heteroatoms. The molecule has 1 aromatic heterocycles. The van der Waals surface area contributed by atoms with Crippen LogP contribution in [0.25, 0.3) is 0 Å². The van der Waals surface area contributed by atoms with Crippen molar-refractivity contribution < 1.29 is 70.5 Å². The molecule has 0 N–H and O–H groups in total. The summed E-state index contributed by atoms with van der Waals surface area (Å²) in [7, 11) is 1.53. The summed E-state index contributed by atoms with van der Waals surface area (Å²) in [4.78, 5) is 16.8. The number of aromatic nitrogens is 1. The third-order valence-corrected chi connectivity index (χ3v) is 6.52. The number of carboxylic acids is 1. The van der Waals surface area contributed by atoms with Crippen molar-refractivity contribution >= 4 is 5.97 Å². The molecule has 0 saturated carbocycles. The molecule has 0 unspecified atom stereocenters. The number of benzene rings is 1. The van der Waals surface area contributed by atoms with E-state index in [4.69, 9.17) is 4.74 Å². The first kappa shape index (κ1) is 31.6. The van der Waals surface area contributed by atoms with Crippen molar-refractivity contribution in [2.24, 2.45) is 5.92 Å². The van der Waals surface area contributed by atoms with Crippen LogP contribution in [0.15, 0.2) is 42.6 Å². The van der Waals surface area contributed by atoms with Crippen LogP contribution < -0.4 is 34.7 Å². The molecule has 37 heavy (non-hydrogen) atoms. The number of hydrogen-bond donors (Lipinski definition) is 0. The SMILES string of the molecule is COCCC[C@H](c1ccc(C(F)(F)F)nc1)N1CC[C@@H](CC(=O)[O-])C[C@H]1c1ccc(C(F)(F)F)cc1.[Na+]. The van der Waals surface area contributed by atoms with Gasteiger partial charge in [0.15, 0.2) is 0 Å². The van der Waals surface area contributed by atoms with E-state index < -0.39 is 41.7 Å². The van der Waals surface area contributed by atoms with Crippen molar-refractivity contribution in [1.82, 2.24) is 9.88 Å².